The van der Waals surface area contributed by atoms with Gasteiger partial charge in [-0.25, -0.2) is 0 Å². The number of aryl methyl sites for hydroxylation is 2. The van der Waals surface area contributed by atoms with Crippen LogP contribution in [0, 0.1) is 0 Å². The Labute approximate surface area is 200 Å². The van der Waals surface area contributed by atoms with Gasteiger partial charge in [-0.3, -0.25) is 4.79 Å². The van der Waals surface area contributed by atoms with Gasteiger partial charge in [0.05, 0.1) is 7.11 Å². The molecule has 0 bridgehead atoms. The maximum absolute atomic E-state index is 12.6. The standard InChI is InChI=1S/C28H31ClN2O2/c1-33-27-18-22(8-11-24(27)20-30-26-4-2-3-5-26)14-16-31-17-15-23(19-28(31)32)7-6-21-9-12-25(29)13-10-21/h6-13,15,17-19,26,30H,2-5,14,16,20H2,1H3. The average Bonchev–Trinajstić information content (AvgIpc) is 3.36. The molecule has 172 valence electrons. The first kappa shape index (κ1) is 23.3. The highest BCUT2D eigenvalue weighted by Crippen LogP contribution is 2.23. The Hall–Kier alpha value is -2.82. The van der Waals surface area contributed by atoms with Crippen molar-refractivity contribution in [3.8, 4) is 5.75 Å². The monoisotopic (exact) mass is 462 g/mol. The van der Waals surface area contributed by atoms with Crippen molar-refractivity contribution in [1.29, 1.82) is 0 Å². The van der Waals surface area contributed by atoms with Gasteiger partial charge < -0.3 is 14.6 Å². The number of ether oxygens (including phenoxy) is 1. The van der Waals surface area contributed by atoms with Crippen molar-refractivity contribution < 1.29 is 4.74 Å². The van der Waals surface area contributed by atoms with Gasteiger partial charge in [0.1, 0.15) is 5.75 Å². The zero-order valence-corrected chi connectivity index (χ0v) is 19.9. The van der Waals surface area contributed by atoms with Crippen LogP contribution in [0.2, 0.25) is 5.02 Å². The third-order valence-electron chi connectivity index (χ3n) is 6.29. The zero-order valence-electron chi connectivity index (χ0n) is 19.1. The lowest BCUT2D eigenvalue weighted by Gasteiger charge is -2.15. The van der Waals surface area contributed by atoms with Gasteiger partial charge in [-0.05, 0) is 60.2 Å². The molecule has 2 aromatic carbocycles. The number of rotatable bonds is 9. The molecule has 1 N–H and O–H groups in total. The normalized spacial score (nSPS) is 14.2. The van der Waals surface area contributed by atoms with Gasteiger partial charge in [0, 0.05) is 42.0 Å². The van der Waals surface area contributed by atoms with E-state index in [0.717, 1.165) is 35.4 Å². The number of pyridine rings is 1. The van der Waals surface area contributed by atoms with Crippen molar-refractivity contribution in [1.82, 2.24) is 9.88 Å². The van der Waals surface area contributed by atoms with Crippen LogP contribution in [0.3, 0.4) is 0 Å². The Bertz CT molecular complexity index is 1150. The molecule has 5 heteroatoms. The zero-order chi connectivity index (χ0) is 23.0. The molecule has 4 nitrogen and oxygen atoms in total. The van der Waals surface area contributed by atoms with Gasteiger partial charge in [0.25, 0.3) is 5.56 Å². The molecule has 0 unspecified atom stereocenters. The highest BCUT2D eigenvalue weighted by molar-refractivity contribution is 6.30. The third-order valence-corrected chi connectivity index (χ3v) is 6.54. The van der Waals surface area contributed by atoms with E-state index in [1.165, 1.54) is 31.2 Å². The molecule has 0 saturated heterocycles. The van der Waals surface area contributed by atoms with Crippen molar-refractivity contribution in [2.45, 2.75) is 51.2 Å². The molecule has 1 aromatic heterocycles. The second-order valence-electron chi connectivity index (χ2n) is 8.64. The van der Waals surface area contributed by atoms with E-state index in [4.69, 9.17) is 16.3 Å². The molecule has 0 spiro atoms. The van der Waals surface area contributed by atoms with Crippen molar-refractivity contribution in [2.24, 2.45) is 0 Å². The predicted octanol–water partition coefficient (Wildman–Crippen LogP) is 5.96. The Kier molecular flexibility index (Phi) is 8.03. The number of halogens is 1. The van der Waals surface area contributed by atoms with Crippen LogP contribution in [0.25, 0.3) is 12.2 Å². The van der Waals surface area contributed by atoms with Crippen LogP contribution in [0.15, 0.2) is 65.6 Å². The van der Waals surface area contributed by atoms with Crippen molar-refractivity contribution in [3.63, 3.8) is 0 Å². The van der Waals surface area contributed by atoms with Gasteiger partial charge in [0.15, 0.2) is 0 Å². The summed E-state index contributed by atoms with van der Waals surface area (Å²) in [6.07, 6.45) is 11.7. The molecule has 0 aliphatic heterocycles. The van der Waals surface area contributed by atoms with E-state index in [1.807, 2.05) is 48.7 Å². The fourth-order valence-electron chi connectivity index (χ4n) is 4.30. The smallest absolute Gasteiger partial charge is 0.251 e. The summed E-state index contributed by atoms with van der Waals surface area (Å²) < 4.78 is 7.39. The summed E-state index contributed by atoms with van der Waals surface area (Å²) in [6, 6.07) is 18.3. The second kappa shape index (κ2) is 11.4. The molecule has 1 aliphatic rings. The Morgan fingerprint density at radius 2 is 1.79 bits per heavy atom. The Morgan fingerprint density at radius 3 is 2.52 bits per heavy atom. The maximum atomic E-state index is 12.6. The van der Waals surface area contributed by atoms with E-state index >= 15 is 0 Å². The van der Waals surface area contributed by atoms with Crippen LogP contribution in [-0.4, -0.2) is 17.7 Å². The fourth-order valence-corrected chi connectivity index (χ4v) is 4.43. The van der Waals surface area contributed by atoms with Crippen molar-refractivity contribution in [2.75, 3.05) is 7.11 Å². The predicted molar refractivity (Wildman–Crippen MR) is 137 cm³/mol. The minimum atomic E-state index is -0.00222. The minimum absolute atomic E-state index is 0.00222. The number of nitrogens with one attached hydrogen (secondary N) is 1. The summed E-state index contributed by atoms with van der Waals surface area (Å²) in [5, 5.41) is 4.36. The summed E-state index contributed by atoms with van der Waals surface area (Å²) in [4.78, 5) is 12.6. The number of benzene rings is 2. The molecule has 3 aromatic rings. The fraction of sp³-hybridized carbons (Fsp3) is 0.321. The third kappa shape index (κ3) is 6.59. The molecule has 1 heterocycles. The SMILES string of the molecule is COc1cc(CCn2ccc(C=Cc3ccc(Cl)cc3)cc2=O)ccc1CNC1CCCC1. The van der Waals surface area contributed by atoms with Gasteiger partial charge in [0.2, 0.25) is 0 Å². The van der Waals surface area contributed by atoms with Gasteiger partial charge in [-0.2, -0.15) is 0 Å². The quantitative estimate of drug-likeness (QED) is 0.427. The first-order valence-electron chi connectivity index (χ1n) is 11.6. The van der Waals surface area contributed by atoms with Crippen LogP contribution in [0.5, 0.6) is 5.75 Å². The lowest BCUT2D eigenvalue weighted by Crippen LogP contribution is -2.25. The highest BCUT2D eigenvalue weighted by Gasteiger charge is 2.15. The van der Waals surface area contributed by atoms with E-state index < -0.39 is 0 Å². The van der Waals surface area contributed by atoms with E-state index in [-0.39, 0.29) is 5.56 Å². The molecule has 1 fully saturated rings. The number of hydrogen-bond donors (Lipinski definition) is 1. The van der Waals surface area contributed by atoms with E-state index in [9.17, 15) is 4.79 Å². The first-order valence-corrected chi connectivity index (χ1v) is 12.0. The highest BCUT2D eigenvalue weighted by atomic mass is 35.5. The van der Waals surface area contributed by atoms with Crippen molar-refractivity contribution >= 4 is 23.8 Å². The molecule has 0 amide bonds. The summed E-state index contributed by atoms with van der Waals surface area (Å²) in [7, 11) is 1.72. The number of hydrogen-bond acceptors (Lipinski definition) is 3. The number of methoxy groups -OCH3 is 1. The summed E-state index contributed by atoms with van der Waals surface area (Å²) in [6.45, 7) is 1.46. The molecule has 4 rings (SSSR count). The maximum Gasteiger partial charge on any atom is 0.251 e. The minimum Gasteiger partial charge on any atom is -0.496 e. The molecule has 33 heavy (non-hydrogen) atoms. The Balaban J connectivity index is 1.36. The molecule has 0 radical (unpaired) electrons. The largest absolute Gasteiger partial charge is 0.496 e. The van der Waals surface area contributed by atoms with Gasteiger partial charge >= 0.3 is 0 Å². The van der Waals surface area contributed by atoms with E-state index in [2.05, 4.69) is 23.5 Å². The van der Waals surface area contributed by atoms with E-state index in [1.54, 1.807) is 17.7 Å². The number of nitrogens with zero attached hydrogens (tertiary/aromatic N) is 1. The molecule has 0 atom stereocenters. The summed E-state index contributed by atoms with van der Waals surface area (Å²) in [5.41, 5.74) is 4.27. The van der Waals surface area contributed by atoms with Crippen LogP contribution < -0.4 is 15.6 Å². The average molecular weight is 463 g/mol. The van der Waals surface area contributed by atoms with Crippen LogP contribution in [0.1, 0.15) is 47.9 Å². The lowest BCUT2D eigenvalue weighted by atomic mass is 10.1. The summed E-state index contributed by atoms with van der Waals surface area (Å²) >= 11 is 5.93. The molecular weight excluding hydrogens is 432 g/mol. The van der Waals surface area contributed by atoms with Gasteiger partial charge in [-0.15, -0.1) is 0 Å². The van der Waals surface area contributed by atoms with Gasteiger partial charge in [-0.1, -0.05) is 60.9 Å². The lowest BCUT2D eigenvalue weighted by molar-refractivity contribution is 0.404. The van der Waals surface area contributed by atoms with Crippen molar-refractivity contribution in [3.05, 3.63) is 98.4 Å². The Morgan fingerprint density at radius 1 is 1.03 bits per heavy atom. The van der Waals surface area contributed by atoms with Crippen LogP contribution >= 0.6 is 11.6 Å². The van der Waals surface area contributed by atoms with Crippen LogP contribution in [-0.2, 0) is 19.5 Å². The second-order valence-corrected chi connectivity index (χ2v) is 9.07. The topological polar surface area (TPSA) is 43.3 Å². The summed E-state index contributed by atoms with van der Waals surface area (Å²) in [5.74, 6) is 0.910. The molecular formula is C28H31ClN2O2. The van der Waals surface area contributed by atoms with E-state index in [0.29, 0.717) is 17.6 Å². The molecule has 1 saturated carbocycles. The number of aromatic nitrogens is 1. The van der Waals surface area contributed by atoms with Crippen LogP contribution in [0.4, 0.5) is 0 Å². The first-order chi connectivity index (χ1) is 16.1. The molecule has 1 aliphatic carbocycles.